The lowest BCUT2D eigenvalue weighted by molar-refractivity contribution is -0.384. The van der Waals surface area contributed by atoms with Crippen LogP contribution in [-0.4, -0.2) is 21.9 Å². The largest absolute Gasteiger partial charge is 0.372 e. The van der Waals surface area contributed by atoms with Crippen molar-refractivity contribution >= 4 is 28.4 Å². The molecule has 4 N–H and O–H groups in total. The highest BCUT2D eigenvalue weighted by molar-refractivity contribution is 6.04. The summed E-state index contributed by atoms with van der Waals surface area (Å²) < 4.78 is 0. The maximum Gasteiger partial charge on any atom is 0.272 e. The van der Waals surface area contributed by atoms with Crippen molar-refractivity contribution in [1.29, 1.82) is 0 Å². The van der Waals surface area contributed by atoms with Crippen LogP contribution in [0.15, 0.2) is 66.7 Å². The van der Waals surface area contributed by atoms with Crippen LogP contribution >= 0.6 is 0 Å². The molecular formula is C21H18N6O2. The van der Waals surface area contributed by atoms with Crippen LogP contribution in [0.5, 0.6) is 0 Å². The molecule has 8 nitrogen and oxygen atoms in total. The molecule has 4 rings (SSSR count). The molecule has 3 aromatic carbocycles. The molecule has 0 aliphatic carbocycles. The number of nitro benzene ring substituents is 1. The summed E-state index contributed by atoms with van der Waals surface area (Å²) in [7, 11) is 1.73. The third-order valence-corrected chi connectivity index (χ3v) is 4.64. The van der Waals surface area contributed by atoms with E-state index in [1.807, 2.05) is 54.6 Å². The molecule has 1 aromatic heterocycles. The van der Waals surface area contributed by atoms with Gasteiger partial charge in [-0.05, 0) is 22.8 Å². The van der Waals surface area contributed by atoms with Gasteiger partial charge in [0.05, 0.1) is 15.8 Å². The predicted molar refractivity (Wildman–Crippen MR) is 114 cm³/mol. The number of anilines is 2. The lowest BCUT2D eigenvalue weighted by atomic mass is 9.96. The van der Waals surface area contributed by atoms with Crippen molar-refractivity contribution < 1.29 is 4.92 Å². The summed E-state index contributed by atoms with van der Waals surface area (Å²) in [5.74, 6) is 6.16. The van der Waals surface area contributed by atoms with Crippen LogP contribution in [0.25, 0.3) is 33.2 Å². The van der Waals surface area contributed by atoms with Crippen molar-refractivity contribution in [3.05, 3.63) is 76.8 Å². The van der Waals surface area contributed by atoms with E-state index in [-0.39, 0.29) is 11.6 Å². The Labute approximate surface area is 166 Å². The zero-order valence-corrected chi connectivity index (χ0v) is 15.6. The van der Waals surface area contributed by atoms with Crippen LogP contribution in [0.1, 0.15) is 0 Å². The second-order valence-corrected chi connectivity index (χ2v) is 6.38. The van der Waals surface area contributed by atoms with Gasteiger partial charge in [-0.1, -0.05) is 48.5 Å². The third-order valence-electron chi connectivity index (χ3n) is 4.64. The first kappa shape index (κ1) is 18.3. The minimum atomic E-state index is -0.430. The maximum absolute atomic E-state index is 11.5. The van der Waals surface area contributed by atoms with Crippen LogP contribution in [0.3, 0.4) is 0 Å². The number of nitrogens with zero attached hydrogens (tertiary/aromatic N) is 3. The fourth-order valence-corrected chi connectivity index (χ4v) is 3.33. The number of fused-ring (bicyclic) bond motifs is 1. The Kier molecular flexibility index (Phi) is 4.76. The number of hydrogen-bond acceptors (Lipinski definition) is 7. The van der Waals surface area contributed by atoms with Gasteiger partial charge in [0.25, 0.3) is 5.69 Å². The van der Waals surface area contributed by atoms with Crippen molar-refractivity contribution in [3.8, 4) is 22.3 Å². The van der Waals surface area contributed by atoms with E-state index in [1.165, 1.54) is 6.07 Å². The third kappa shape index (κ3) is 3.44. The Morgan fingerprint density at radius 2 is 1.66 bits per heavy atom. The minimum Gasteiger partial charge on any atom is -0.372 e. The van der Waals surface area contributed by atoms with Gasteiger partial charge in [0.1, 0.15) is 5.82 Å². The number of hydrogen-bond donors (Lipinski definition) is 3. The fraction of sp³-hybridized carbons (Fsp3) is 0.0476. The molecule has 0 radical (unpaired) electrons. The van der Waals surface area contributed by atoms with Gasteiger partial charge in [-0.3, -0.25) is 15.5 Å². The Morgan fingerprint density at radius 3 is 2.34 bits per heavy atom. The lowest BCUT2D eigenvalue weighted by Gasteiger charge is -2.13. The number of hydrazine groups is 1. The molecule has 0 aliphatic rings. The van der Waals surface area contributed by atoms with Gasteiger partial charge in [-0.2, -0.15) is 4.98 Å². The Balaban J connectivity index is 2.01. The number of aromatic nitrogens is 2. The second-order valence-electron chi connectivity index (χ2n) is 6.38. The van der Waals surface area contributed by atoms with Crippen molar-refractivity contribution in [1.82, 2.24) is 9.97 Å². The highest BCUT2D eigenvalue weighted by Crippen LogP contribution is 2.37. The smallest absolute Gasteiger partial charge is 0.272 e. The summed E-state index contributed by atoms with van der Waals surface area (Å²) in [4.78, 5) is 19.8. The Bertz CT molecular complexity index is 1210. The van der Waals surface area contributed by atoms with Crippen molar-refractivity contribution in [2.75, 3.05) is 17.8 Å². The highest BCUT2D eigenvalue weighted by Gasteiger charge is 2.18. The van der Waals surface area contributed by atoms with Crippen LogP contribution < -0.4 is 16.6 Å². The zero-order chi connectivity index (χ0) is 20.4. The zero-order valence-electron chi connectivity index (χ0n) is 15.6. The molecule has 0 atom stereocenters. The molecule has 8 heteroatoms. The van der Waals surface area contributed by atoms with Gasteiger partial charge < -0.3 is 5.32 Å². The van der Waals surface area contributed by atoms with Crippen LogP contribution in [0.4, 0.5) is 17.5 Å². The van der Waals surface area contributed by atoms with E-state index in [0.717, 1.165) is 16.7 Å². The SMILES string of the molecule is CNc1nc(NN)nc2cc([N+](=O)[O-])cc(-c3cccc(-c4ccccc4)c3)c12. The fourth-order valence-electron chi connectivity index (χ4n) is 3.33. The molecular weight excluding hydrogens is 368 g/mol. The maximum atomic E-state index is 11.5. The summed E-state index contributed by atoms with van der Waals surface area (Å²) in [6, 6.07) is 20.8. The van der Waals surface area contributed by atoms with Crippen molar-refractivity contribution in [2.45, 2.75) is 0 Å². The first-order chi connectivity index (χ1) is 14.1. The molecule has 144 valence electrons. The number of nitrogens with two attached hydrogens (primary N) is 1. The van der Waals surface area contributed by atoms with E-state index < -0.39 is 4.92 Å². The topological polar surface area (TPSA) is 119 Å². The average molecular weight is 386 g/mol. The molecule has 0 aliphatic heterocycles. The summed E-state index contributed by atoms with van der Waals surface area (Å²) in [5.41, 5.74) is 6.33. The van der Waals surface area contributed by atoms with Gasteiger partial charge in [-0.25, -0.2) is 10.8 Å². The summed E-state index contributed by atoms with van der Waals surface area (Å²) >= 11 is 0. The standard InChI is InChI=1S/C21H18N6O2/c1-23-20-19-17(11-16(27(28)29)12-18(19)24-21(25-20)26-22)15-9-5-8-14(10-15)13-6-3-2-4-7-13/h2-12H,22H2,1H3,(H2,23,24,25,26). The molecule has 0 amide bonds. The lowest BCUT2D eigenvalue weighted by Crippen LogP contribution is -2.12. The summed E-state index contributed by atoms with van der Waals surface area (Å²) in [6.07, 6.45) is 0. The van der Waals surface area contributed by atoms with Crippen molar-refractivity contribution in [2.24, 2.45) is 5.84 Å². The minimum absolute atomic E-state index is 0.0543. The molecule has 1 heterocycles. The molecule has 4 aromatic rings. The number of nitro groups is 1. The van der Waals surface area contributed by atoms with Gasteiger partial charge in [0.2, 0.25) is 5.95 Å². The molecule has 0 fully saturated rings. The van der Waals surface area contributed by atoms with Gasteiger partial charge in [0.15, 0.2) is 0 Å². The highest BCUT2D eigenvalue weighted by atomic mass is 16.6. The van der Waals surface area contributed by atoms with Gasteiger partial charge in [-0.15, -0.1) is 0 Å². The molecule has 0 bridgehead atoms. The Morgan fingerprint density at radius 1 is 0.931 bits per heavy atom. The second kappa shape index (κ2) is 7.53. The average Bonchev–Trinajstić information content (AvgIpc) is 2.78. The quantitative estimate of drug-likeness (QED) is 0.267. The number of nitrogen functional groups attached to an aromatic ring is 1. The molecule has 0 saturated carbocycles. The van der Waals surface area contributed by atoms with E-state index >= 15 is 0 Å². The normalized spacial score (nSPS) is 10.7. The first-order valence-electron chi connectivity index (χ1n) is 8.91. The van der Waals surface area contributed by atoms with E-state index in [4.69, 9.17) is 5.84 Å². The van der Waals surface area contributed by atoms with E-state index in [1.54, 1.807) is 13.1 Å². The van der Waals surface area contributed by atoms with Gasteiger partial charge >= 0.3 is 0 Å². The van der Waals surface area contributed by atoms with E-state index in [2.05, 4.69) is 20.7 Å². The van der Waals surface area contributed by atoms with Crippen LogP contribution in [0, 0.1) is 10.1 Å². The summed E-state index contributed by atoms with van der Waals surface area (Å²) in [6.45, 7) is 0. The van der Waals surface area contributed by atoms with Crippen LogP contribution in [0.2, 0.25) is 0 Å². The molecule has 0 unspecified atom stereocenters. The van der Waals surface area contributed by atoms with Gasteiger partial charge in [0, 0.05) is 24.7 Å². The number of rotatable bonds is 5. The monoisotopic (exact) mass is 386 g/mol. The van der Waals surface area contributed by atoms with E-state index in [9.17, 15) is 10.1 Å². The van der Waals surface area contributed by atoms with Crippen molar-refractivity contribution in [3.63, 3.8) is 0 Å². The first-order valence-corrected chi connectivity index (χ1v) is 8.91. The number of nitrogens with one attached hydrogen (secondary N) is 2. The Hall–Kier alpha value is -4.04. The predicted octanol–water partition coefficient (Wildman–Crippen LogP) is 4.20. The molecule has 0 saturated heterocycles. The molecule has 29 heavy (non-hydrogen) atoms. The summed E-state index contributed by atoms with van der Waals surface area (Å²) in [5, 5.41) is 15.2. The molecule has 0 spiro atoms. The van der Waals surface area contributed by atoms with E-state index in [0.29, 0.717) is 22.3 Å². The van der Waals surface area contributed by atoms with Crippen LogP contribution in [-0.2, 0) is 0 Å². The number of non-ortho nitro benzene ring substituents is 1. The number of benzene rings is 3.